The van der Waals surface area contributed by atoms with Crippen LogP contribution in [0.3, 0.4) is 0 Å². The molecule has 4 rings (SSSR count). The van der Waals surface area contributed by atoms with Gasteiger partial charge in [-0.25, -0.2) is 0 Å². The summed E-state index contributed by atoms with van der Waals surface area (Å²) in [5, 5.41) is 4.95. The summed E-state index contributed by atoms with van der Waals surface area (Å²) in [6.45, 7) is 0.326. The Kier molecular flexibility index (Phi) is 7.67. The third-order valence-corrected chi connectivity index (χ3v) is 6.22. The number of benzene rings is 2. The summed E-state index contributed by atoms with van der Waals surface area (Å²) in [6.07, 6.45) is 3.45. The summed E-state index contributed by atoms with van der Waals surface area (Å²) in [5.74, 6) is 0.300. The van der Waals surface area contributed by atoms with Crippen molar-refractivity contribution in [3.05, 3.63) is 113 Å². The second-order valence-electron chi connectivity index (χ2n) is 7.61. The summed E-state index contributed by atoms with van der Waals surface area (Å²) >= 11 is 1.52. The molecule has 0 saturated heterocycles. The largest absolute Gasteiger partial charge is 0.497 e. The van der Waals surface area contributed by atoms with Gasteiger partial charge in [0.2, 0.25) is 11.8 Å². The van der Waals surface area contributed by atoms with Crippen molar-refractivity contribution in [2.75, 3.05) is 12.0 Å². The normalized spacial score (nSPS) is 11.4. The molecule has 0 fully saturated rings. The molecule has 6 nitrogen and oxygen atoms in total. The van der Waals surface area contributed by atoms with Crippen molar-refractivity contribution < 1.29 is 14.3 Å². The number of aromatic nitrogens is 1. The molecule has 1 atom stereocenters. The van der Waals surface area contributed by atoms with E-state index in [0.29, 0.717) is 12.2 Å². The number of rotatable bonds is 9. The van der Waals surface area contributed by atoms with Crippen LogP contribution in [0, 0.1) is 0 Å². The lowest BCUT2D eigenvalue weighted by atomic mass is 10.0. The maximum Gasteiger partial charge on any atom is 0.248 e. The highest BCUT2D eigenvalue weighted by Gasteiger charge is 2.32. The van der Waals surface area contributed by atoms with Crippen LogP contribution >= 0.6 is 11.3 Å². The predicted octanol–water partition coefficient (Wildman–Crippen LogP) is 4.79. The minimum Gasteiger partial charge on any atom is -0.497 e. The maximum atomic E-state index is 13.6. The third-order valence-electron chi connectivity index (χ3n) is 5.35. The number of pyridine rings is 1. The number of carbonyl (C=O) groups excluding carboxylic acids is 2. The molecule has 0 aliphatic rings. The topological polar surface area (TPSA) is 71.5 Å². The van der Waals surface area contributed by atoms with E-state index in [1.54, 1.807) is 36.5 Å². The number of nitrogens with one attached hydrogen (secondary N) is 1. The number of carbonyl (C=O) groups is 2. The molecular formula is C27H25N3O3S. The number of thiophene rings is 1. The minimum absolute atomic E-state index is 0.177. The molecule has 2 heterocycles. The van der Waals surface area contributed by atoms with Crippen molar-refractivity contribution in [2.45, 2.75) is 19.0 Å². The summed E-state index contributed by atoms with van der Waals surface area (Å²) in [6, 6.07) is 23.4. The molecule has 0 spiro atoms. The van der Waals surface area contributed by atoms with Gasteiger partial charge in [0.05, 0.1) is 25.4 Å². The molecule has 0 aliphatic heterocycles. The average Bonchev–Trinajstić information content (AvgIpc) is 3.40. The van der Waals surface area contributed by atoms with Crippen molar-refractivity contribution >= 4 is 28.8 Å². The first-order valence-corrected chi connectivity index (χ1v) is 11.7. The van der Waals surface area contributed by atoms with Crippen molar-refractivity contribution in [1.29, 1.82) is 0 Å². The lowest BCUT2D eigenvalue weighted by molar-refractivity contribution is -0.126. The van der Waals surface area contributed by atoms with Gasteiger partial charge < -0.3 is 10.1 Å². The second-order valence-corrected chi connectivity index (χ2v) is 8.64. The molecule has 172 valence electrons. The lowest BCUT2D eigenvalue weighted by Gasteiger charge is -2.31. The lowest BCUT2D eigenvalue weighted by Crippen LogP contribution is -2.44. The Morgan fingerprint density at radius 3 is 2.44 bits per heavy atom. The fraction of sp³-hybridized carbons (Fsp3) is 0.148. The van der Waals surface area contributed by atoms with E-state index in [9.17, 15) is 9.59 Å². The molecule has 1 N–H and O–H groups in total. The first kappa shape index (κ1) is 23.2. The van der Waals surface area contributed by atoms with Gasteiger partial charge in [-0.2, -0.15) is 0 Å². The Balaban J connectivity index is 1.65. The van der Waals surface area contributed by atoms with E-state index in [-0.39, 0.29) is 18.2 Å². The Morgan fingerprint density at radius 2 is 1.79 bits per heavy atom. The molecule has 0 radical (unpaired) electrons. The monoisotopic (exact) mass is 471 g/mol. The fourth-order valence-electron chi connectivity index (χ4n) is 3.66. The molecule has 0 aliphatic carbocycles. The van der Waals surface area contributed by atoms with E-state index in [0.717, 1.165) is 21.8 Å². The number of amides is 2. The van der Waals surface area contributed by atoms with E-state index < -0.39 is 6.04 Å². The van der Waals surface area contributed by atoms with Crippen LogP contribution in [-0.2, 0) is 22.6 Å². The molecule has 0 unspecified atom stereocenters. The Bertz CT molecular complexity index is 1200. The van der Waals surface area contributed by atoms with E-state index >= 15 is 0 Å². The summed E-state index contributed by atoms with van der Waals surface area (Å²) in [4.78, 5) is 33.9. The van der Waals surface area contributed by atoms with Crippen molar-refractivity contribution in [3.63, 3.8) is 0 Å². The summed E-state index contributed by atoms with van der Waals surface area (Å²) < 4.78 is 5.20. The van der Waals surface area contributed by atoms with E-state index in [1.807, 2.05) is 72.1 Å². The number of hydrogen-bond acceptors (Lipinski definition) is 5. The molecule has 2 aromatic carbocycles. The van der Waals surface area contributed by atoms with Gasteiger partial charge in [0, 0.05) is 17.6 Å². The van der Waals surface area contributed by atoms with Gasteiger partial charge in [0.15, 0.2) is 0 Å². The van der Waals surface area contributed by atoms with Crippen LogP contribution in [0.15, 0.2) is 96.6 Å². The Labute approximate surface area is 202 Å². The first-order chi connectivity index (χ1) is 16.7. The van der Waals surface area contributed by atoms with Crippen LogP contribution in [0.25, 0.3) is 0 Å². The van der Waals surface area contributed by atoms with Crippen LogP contribution in [0.5, 0.6) is 5.75 Å². The molecule has 7 heteroatoms. The Hall–Kier alpha value is -3.97. The predicted molar refractivity (Wildman–Crippen MR) is 134 cm³/mol. The number of hydrogen-bond donors (Lipinski definition) is 1. The highest BCUT2D eigenvalue weighted by molar-refractivity contribution is 7.10. The molecule has 4 aromatic rings. The highest BCUT2D eigenvalue weighted by Crippen LogP contribution is 2.29. The van der Waals surface area contributed by atoms with Crippen molar-refractivity contribution in [3.8, 4) is 5.75 Å². The van der Waals surface area contributed by atoms with Gasteiger partial charge in [0.25, 0.3) is 0 Å². The standard InChI is InChI=1S/C27H25N3O3S/c1-33-23-13-11-20(12-14-23)18-29-27(32)26(21-7-3-2-4-8-21)30(22-9-5-15-28-19-22)25(31)17-24-10-6-16-34-24/h2-16,19,26H,17-18H2,1H3,(H,29,32)/t26-/m0/s1. The van der Waals surface area contributed by atoms with E-state index in [4.69, 9.17) is 4.74 Å². The van der Waals surface area contributed by atoms with E-state index in [2.05, 4.69) is 10.3 Å². The second kappa shape index (κ2) is 11.2. The van der Waals surface area contributed by atoms with Crippen molar-refractivity contribution in [1.82, 2.24) is 10.3 Å². The van der Waals surface area contributed by atoms with Crippen LogP contribution < -0.4 is 15.0 Å². The van der Waals surface area contributed by atoms with Gasteiger partial charge in [-0.1, -0.05) is 48.5 Å². The Morgan fingerprint density at radius 1 is 1.00 bits per heavy atom. The molecule has 0 saturated carbocycles. The molecule has 2 aromatic heterocycles. The van der Waals surface area contributed by atoms with Crippen molar-refractivity contribution in [2.24, 2.45) is 0 Å². The van der Waals surface area contributed by atoms with E-state index in [1.165, 1.54) is 11.3 Å². The molecule has 34 heavy (non-hydrogen) atoms. The fourth-order valence-corrected chi connectivity index (χ4v) is 4.36. The van der Waals surface area contributed by atoms with Gasteiger partial charge in [-0.15, -0.1) is 11.3 Å². The zero-order valence-electron chi connectivity index (χ0n) is 18.8. The van der Waals surface area contributed by atoms with Gasteiger partial charge >= 0.3 is 0 Å². The quantitative estimate of drug-likeness (QED) is 0.381. The SMILES string of the molecule is COc1ccc(CNC(=O)[C@H](c2ccccc2)N(C(=O)Cc2cccs2)c2cccnc2)cc1. The minimum atomic E-state index is -0.851. The summed E-state index contributed by atoms with van der Waals surface area (Å²) in [5.41, 5.74) is 2.22. The number of nitrogens with zero attached hydrogens (tertiary/aromatic N) is 2. The summed E-state index contributed by atoms with van der Waals surface area (Å²) in [7, 11) is 1.61. The highest BCUT2D eigenvalue weighted by atomic mass is 32.1. The number of methoxy groups -OCH3 is 1. The molecule has 0 bridgehead atoms. The number of anilines is 1. The molecule has 2 amide bonds. The zero-order valence-corrected chi connectivity index (χ0v) is 19.6. The van der Waals surface area contributed by atoms with Gasteiger partial charge in [-0.3, -0.25) is 19.5 Å². The average molecular weight is 472 g/mol. The van der Waals surface area contributed by atoms with Crippen LogP contribution in [-0.4, -0.2) is 23.9 Å². The first-order valence-electron chi connectivity index (χ1n) is 10.9. The van der Waals surface area contributed by atoms with Gasteiger partial charge in [0.1, 0.15) is 11.8 Å². The van der Waals surface area contributed by atoms with Crippen LogP contribution in [0.1, 0.15) is 22.0 Å². The zero-order chi connectivity index (χ0) is 23.8. The number of ether oxygens (including phenoxy) is 1. The van der Waals surface area contributed by atoms with Gasteiger partial charge in [-0.05, 0) is 46.8 Å². The van der Waals surface area contributed by atoms with Crippen LogP contribution in [0.4, 0.5) is 5.69 Å². The maximum absolute atomic E-state index is 13.6. The molecular weight excluding hydrogens is 446 g/mol. The third kappa shape index (κ3) is 5.68. The van der Waals surface area contributed by atoms with Crippen LogP contribution in [0.2, 0.25) is 0 Å². The smallest absolute Gasteiger partial charge is 0.248 e.